The molecule has 2 rings (SSSR count). The monoisotopic (exact) mass is 263 g/mol. The Kier molecular flexibility index (Phi) is 4.33. The van der Waals surface area contributed by atoms with Crippen LogP contribution in [0.15, 0.2) is 22.9 Å². The fourth-order valence-corrected chi connectivity index (χ4v) is 1.83. The standard InChI is InChI=1S/C13H17N3O3/c1-3-6-9(13(17)18-4-2)12-15-11(16-19-12)10-7-5-8-14-10/h5,7-9,14H,3-4,6H2,1-2H3. The predicted octanol–water partition coefficient (Wildman–Crippen LogP) is 2.51. The van der Waals surface area contributed by atoms with Crippen molar-refractivity contribution in [2.24, 2.45) is 0 Å². The minimum atomic E-state index is -0.485. The van der Waals surface area contributed by atoms with E-state index in [4.69, 9.17) is 9.26 Å². The minimum absolute atomic E-state index is 0.310. The summed E-state index contributed by atoms with van der Waals surface area (Å²) in [5.74, 6) is -0.0394. The molecule has 2 aromatic heterocycles. The molecule has 6 heteroatoms. The second-order valence-corrected chi connectivity index (χ2v) is 4.13. The van der Waals surface area contributed by atoms with Crippen molar-refractivity contribution in [1.82, 2.24) is 15.1 Å². The molecule has 2 heterocycles. The van der Waals surface area contributed by atoms with Gasteiger partial charge in [0.1, 0.15) is 5.92 Å². The first-order chi connectivity index (χ1) is 9.26. The van der Waals surface area contributed by atoms with Crippen molar-refractivity contribution in [3.05, 3.63) is 24.2 Å². The van der Waals surface area contributed by atoms with Crippen LogP contribution in [0.1, 0.15) is 38.5 Å². The van der Waals surface area contributed by atoms with Gasteiger partial charge in [0.05, 0.1) is 12.3 Å². The number of hydrogen-bond acceptors (Lipinski definition) is 5. The van der Waals surface area contributed by atoms with Crippen LogP contribution in [0.4, 0.5) is 0 Å². The highest BCUT2D eigenvalue weighted by Gasteiger charge is 2.27. The summed E-state index contributed by atoms with van der Waals surface area (Å²) in [5, 5.41) is 3.88. The number of aromatic amines is 1. The number of ether oxygens (including phenoxy) is 1. The van der Waals surface area contributed by atoms with Crippen molar-refractivity contribution < 1.29 is 14.1 Å². The van der Waals surface area contributed by atoms with Crippen molar-refractivity contribution in [2.45, 2.75) is 32.6 Å². The maximum Gasteiger partial charge on any atom is 0.318 e. The molecule has 6 nitrogen and oxygen atoms in total. The third-order valence-corrected chi connectivity index (χ3v) is 2.73. The summed E-state index contributed by atoms with van der Waals surface area (Å²) in [7, 11) is 0. The lowest BCUT2D eigenvalue weighted by molar-refractivity contribution is -0.145. The third-order valence-electron chi connectivity index (χ3n) is 2.73. The lowest BCUT2D eigenvalue weighted by Gasteiger charge is -2.09. The van der Waals surface area contributed by atoms with Crippen LogP contribution in [-0.4, -0.2) is 27.7 Å². The van der Waals surface area contributed by atoms with Crippen molar-refractivity contribution in [3.63, 3.8) is 0 Å². The molecule has 1 N–H and O–H groups in total. The maximum atomic E-state index is 11.9. The number of nitrogens with one attached hydrogen (secondary N) is 1. The van der Waals surface area contributed by atoms with E-state index in [-0.39, 0.29) is 5.97 Å². The summed E-state index contributed by atoms with van der Waals surface area (Å²) in [4.78, 5) is 19.1. The second kappa shape index (κ2) is 6.17. The average molecular weight is 263 g/mol. The van der Waals surface area contributed by atoms with Crippen LogP contribution in [0.2, 0.25) is 0 Å². The summed E-state index contributed by atoms with van der Waals surface area (Å²) in [6, 6.07) is 3.69. The molecule has 0 saturated heterocycles. The van der Waals surface area contributed by atoms with Gasteiger partial charge in [-0.1, -0.05) is 18.5 Å². The van der Waals surface area contributed by atoms with Gasteiger partial charge in [-0.15, -0.1) is 0 Å². The number of carbonyl (C=O) groups is 1. The van der Waals surface area contributed by atoms with E-state index in [0.717, 1.165) is 12.1 Å². The zero-order chi connectivity index (χ0) is 13.7. The Bertz CT molecular complexity index is 519. The third kappa shape index (κ3) is 3.01. The molecule has 0 spiro atoms. The van der Waals surface area contributed by atoms with Crippen LogP contribution < -0.4 is 0 Å². The normalized spacial score (nSPS) is 12.3. The van der Waals surface area contributed by atoms with Gasteiger partial charge in [-0.2, -0.15) is 4.98 Å². The molecule has 1 atom stereocenters. The highest BCUT2D eigenvalue weighted by atomic mass is 16.5. The number of esters is 1. The zero-order valence-corrected chi connectivity index (χ0v) is 11.0. The van der Waals surface area contributed by atoms with E-state index >= 15 is 0 Å². The van der Waals surface area contributed by atoms with Crippen molar-refractivity contribution in [3.8, 4) is 11.5 Å². The molecule has 102 valence electrons. The molecule has 2 aromatic rings. The second-order valence-electron chi connectivity index (χ2n) is 4.13. The van der Waals surface area contributed by atoms with Crippen LogP contribution in [0, 0.1) is 0 Å². The van der Waals surface area contributed by atoms with Gasteiger partial charge in [0.25, 0.3) is 0 Å². The molecule has 0 bridgehead atoms. The summed E-state index contributed by atoms with van der Waals surface area (Å²) < 4.78 is 10.2. The van der Waals surface area contributed by atoms with Crippen molar-refractivity contribution >= 4 is 5.97 Å². The molecule has 1 unspecified atom stereocenters. The van der Waals surface area contributed by atoms with Crippen LogP contribution in [0.3, 0.4) is 0 Å². The summed E-state index contributed by atoms with van der Waals surface area (Å²) in [6.45, 7) is 4.12. The minimum Gasteiger partial charge on any atom is -0.465 e. The molecule has 0 aliphatic rings. The van der Waals surface area contributed by atoms with Gasteiger partial charge in [-0.25, -0.2) is 0 Å². The van der Waals surface area contributed by atoms with E-state index < -0.39 is 5.92 Å². The van der Waals surface area contributed by atoms with Crippen LogP contribution in [0.5, 0.6) is 0 Å². The zero-order valence-electron chi connectivity index (χ0n) is 11.0. The Labute approximate surface area is 111 Å². The molecular weight excluding hydrogens is 246 g/mol. The van der Waals surface area contributed by atoms with Crippen LogP contribution >= 0.6 is 0 Å². The van der Waals surface area contributed by atoms with Gasteiger partial charge in [0.15, 0.2) is 0 Å². The van der Waals surface area contributed by atoms with E-state index in [9.17, 15) is 4.79 Å². The van der Waals surface area contributed by atoms with Crippen LogP contribution in [0.25, 0.3) is 11.5 Å². The van der Waals surface area contributed by atoms with E-state index in [1.807, 2.05) is 19.1 Å². The van der Waals surface area contributed by atoms with Gasteiger partial charge in [0.2, 0.25) is 11.7 Å². The van der Waals surface area contributed by atoms with Gasteiger partial charge < -0.3 is 14.2 Å². The summed E-state index contributed by atoms with van der Waals surface area (Å²) in [6.07, 6.45) is 3.25. The molecule has 19 heavy (non-hydrogen) atoms. The Morgan fingerprint density at radius 2 is 2.37 bits per heavy atom. The number of nitrogens with zero attached hydrogens (tertiary/aromatic N) is 2. The number of rotatable bonds is 6. The lowest BCUT2D eigenvalue weighted by Crippen LogP contribution is -2.16. The fourth-order valence-electron chi connectivity index (χ4n) is 1.83. The average Bonchev–Trinajstić information content (AvgIpc) is 3.06. The Morgan fingerprint density at radius 1 is 1.53 bits per heavy atom. The molecule has 0 radical (unpaired) electrons. The fraction of sp³-hybridized carbons (Fsp3) is 0.462. The van der Waals surface area contributed by atoms with Gasteiger partial charge in [0, 0.05) is 6.20 Å². The molecule has 0 amide bonds. The van der Waals surface area contributed by atoms with E-state index in [0.29, 0.717) is 24.7 Å². The summed E-state index contributed by atoms with van der Waals surface area (Å²) >= 11 is 0. The van der Waals surface area contributed by atoms with E-state index in [2.05, 4.69) is 15.1 Å². The summed E-state index contributed by atoms with van der Waals surface area (Å²) in [5.41, 5.74) is 0.758. The molecule has 0 aliphatic heterocycles. The highest BCUT2D eigenvalue weighted by molar-refractivity contribution is 5.76. The van der Waals surface area contributed by atoms with E-state index in [1.54, 1.807) is 13.1 Å². The molecule has 0 aliphatic carbocycles. The molecule has 0 aromatic carbocycles. The number of carbonyl (C=O) groups excluding carboxylic acids is 1. The first-order valence-electron chi connectivity index (χ1n) is 6.40. The van der Waals surface area contributed by atoms with Gasteiger partial charge in [-0.3, -0.25) is 4.79 Å². The van der Waals surface area contributed by atoms with Gasteiger partial charge >= 0.3 is 5.97 Å². The lowest BCUT2D eigenvalue weighted by atomic mass is 10.0. The molecule has 0 saturated carbocycles. The highest BCUT2D eigenvalue weighted by Crippen LogP contribution is 2.23. The Morgan fingerprint density at radius 3 is 3.00 bits per heavy atom. The molecular formula is C13H17N3O3. The van der Waals surface area contributed by atoms with Crippen molar-refractivity contribution in [1.29, 1.82) is 0 Å². The number of hydrogen-bond donors (Lipinski definition) is 1. The SMILES string of the molecule is CCCC(C(=O)OCC)c1nc(-c2ccc[nH]2)no1. The predicted molar refractivity (Wildman–Crippen MR) is 68.4 cm³/mol. The van der Waals surface area contributed by atoms with Crippen LogP contribution in [-0.2, 0) is 9.53 Å². The first-order valence-corrected chi connectivity index (χ1v) is 6.40. The number of aromatic nitrogens is 3. The Balaban J connectivity index is 2.20. The quantitative estimate of drug-likeness (QED) is 0.810. The number of H-pyrrole nitrogens is 1. The Hall–Kier alpha value is -2.11. The topological polar surface area (TPSA) is 81.0 Å². The smallest absolute Gasteiger partial charge is 0.318 e. The first kappa shape index (κ1) is 13.3. The largest absolute Gasteiger partial charge is 0.465 e. The molecule has 0 fully saturated rings. The van der Waals surface area contributed by atoms with Crippen molar-refractivity contribution in [2.75, 3.05) is 6.61 Å². The van der Waals surface area contributed by atoms with Gasteiger partial charge in [-0.05, 0) is 25.5 Å². The maximum absolute atomic E-state index is 11.9. The van der Waals surface area contributed by atoms with E-state index in [1.165, 1.54) is 0 Å².